The number of hydrogen-bond acceptors (Lipinski definition) is 2. The summed E-state index contributed by atoms with van der Waals surface area (Å²) in [5, 5.41) is 3.45. The molecule has 0 aliphatic heterocycles. The van der Waals surface area contributed by atoms with Gasteiger partial charge in [0.1, 0.15) is 0 Å². The van der Waals surface area contributed by atoms with E-state index in [1.165, 1.54) is 6.54 Å². The van der Waals surface area contributed by atoms with E-state index >= 15 is 0 Å². The third-order valence-corrected chi connectivity index (χ3v) is 2.04. The molecule has 1 atom stereocenters. The van der Waals surface area contributed by atoms with Gasteiger partial charge in [-0.1, -0.05) is 27.7 Å². The van der Waals surface area contributed by atoms with Crippen molar-refractivity contribution in [3.8, 4) is 0 Å². The van der Waals surface area contributed by atoms with Gasteiger partial charge < -0.3 is 10.2 Å². The SMILES string of the molecule is CCN(C)CC(C)CNC(C)C. The van der Waals surface area contributed by atoms with Crippen LogP contribution < -0.4 is 5.32 Å². The lowest BCUT2D eigenvalue weighted by atomic mass is 10.1. The average Bonchev–Trinajstić information content (AvgIpc) is 2.00. The zero-order chi connectivity index (χ0) is 9.56. The predicted octanol–water partition coefficient (Wildman–Crippen LogP) is 1.57. The van der Waals surface area contributed by atoms with E-state index in [4.69, 9.17) is 0 Å². The lowest BCUT2D eigenvalue weighted by Crippen LogP contribution is -2.33. The van der Waals surface area contributed by atoms with E-state index in [9.17, 15) is 0 Å². The first kappa shape index (κ1) is 11.9. The van der Waals surface area contributed by atoms with Crippen LogP contribution in [0, 0.1) is 5.92 Å². The van der Waals surface area contributed by atoms with E-state index in [0.29, 0.717) is 6.04 Å². The molecule has 0 aromatic heterocycles. The molecule has 0 radical (unpaired) electrons. The Labute approximate surface area is 77.3 Å². The molecule has 0 saturated carbocycles. The van der Waals surface area contributed by atoms with Crippen LogP contribution in [0.3, 0.4) is 0 Å². The van der Waals surface area contributed by atoms with Gasteiger partial charge in [0.25, 0.3) is 0 Å². The minimum atomic E-state index is 0.611. The highest BCUT2D eigenvalue weighted by Gasteiger charge is 2.04. The van der Waals surface area contributed by atoms with Gasteiger partial charge in [0.05, 0.1) is 0 Å². The molecule has 1 N–H and O–H groups in total. The Bertz CT molecular complexity index is 102. The Balaban J connectivity index is 3.39. The largest absolute Gasteiger partial charge is 0.314 e. The summed E-state index contributed by atoms with van der Waals surface area (Å²) in [6.45, 7) is 12.3. The van der Waals surface area contributed by atoms with E-state index in [1.807, 2.05) is 0 Å². The minimum Gasteiger partial charge on any atom is -0.314 e. The van der Waals surface area contributed by atoms with Crippen molar-refractivity contribution in [1.82, 2.24) is 10.2 Å². The third-order valence-electron chi connectivity index (χ3n) is 2.04. The minimum absolute atomic E-state index is 0.611. The highest BCUT2D eigenvalue weighted by atomic mass is 15.1. The van der Waals surface area contributed by atoms with Crippen LogP contribution >= 0.6 is 0 Å². The van der Waals surface area contributed by atoms with Gasteiger partial charge in [0, 0.05) is 12.6 Å². The fourth-order valence-electron chi connectivity index (χ4n) is 1.16. The molecule has 0 aromatic rings. The number of nitrogens with one attached hydrogen (secondary N) is 1. The molecular formula is C10H24N2. The van der Waals surface area contributed by atoms with Crippen molar-refractivity contribution >= 4 is 0 Å². The molecule has 0 rings (SSSR count). The highest BCUT2D eigenvalue weighted by molar-refractivity contribution is 4.62. The Kier molecular flexibility index (Phi) is 6.39. The van der Waals surface area contributed by atoms with Gasteiger partial charge in [0.2, 0.25) is 0 Å². The standard InChI is InChI=1S/C10H24N2/c1-6-12(5)8-10(4)7-11-9(2)3/h9-11H,6-8H2,1-5H3. The first-order valence-corrected chi connectivity index (χ1v) is 4.98. The maximum atomic E-state index is 3.45. The Morgan fingerprint density at radius 1 is 1.25 bits per heavy atom. The fourth-order valence-corrected chi connectivity index (χ4v) is 1.16. The van der Waals surface area contributed by atoms with Gasteiger partial charge in [-0.25, -0.2) is 0 Å². The van der Waals surface area contributed by atoms with E-state index in [0.717, 1.165) is 19.0 Å². The van der Waals surface area contributed by atoms with Crippen LogP contribution in [0.2, 0.25) is 0 Å². The molecule has 0 bridgehead atoms. The maximum absolute atomic E-state index is 3.45. The smallest absolute Gasteiger partial charge is 0.00160 e. The normalized spacial score (nSPS) is 14.2. The fraction of sp³-hybridized carbons (Fsp3) is 1.00. The summed E-state index contributed by atoms with van der Waals surface area (Å²) in [6.07, 6.45) is 0. The van der Waals surface area contributed by atoms with Crippen molar-refractivity contribution in [2.45, 2.75) is 33.7 Å². The summed E-state index contributed by atoms with van der Waals surface area (Å²) in [7, 11) is 2.17. The molecule has 0 aliphatic rings. The lowest BCUT2D eigenvalue weighted by Gasteiger charge is -2.20. The molecule has 0 amide bonds. The summed E-state index contributed by atoms with van der Waals surface area (Å²) in [6, 6.07) is 0.611. The van der Waals surface area contributed by atoms with Crippen molar-refractivity contribution in [2.24, 2.45) is 5.92 Å². The second kappa shape index (κ2) is 6.44. The highest BCUT2D eigenvalue weighted by Crippen LogP contribution is 1.96. The molecule has 0 fully saturated rings. The number of nitrogens with zero attached hydrogens (tertiary/aromatic N) is 1. The molecule has 0 heterocycles. The van der Waals surface area contributed by atoms with Crippen molar-refractivity contribution in [3.05, 3.63) is 0 Å². The first-order valence-electron chi connectivity index (χ1n) is 4.98. The van der Waals surface area contributed by atoms with Gasteiger partial charge in [0.15, 0.2) is 0 Å². The predicted molar refractivity (Wildman–Crippen MR) is 55.5 cm³/mol. The summed E-state index contributed by atoms with van der Waals surface area (Å²) < 4.78 is 0. The molecule has 1 unspecified atom stereocenters. The Hall–Kier alpha value is -0.0800. The van der Waals surface area contributed by atoms with Crippen LogP contribution in [-0.4, -0.2) is 37.6 Å². The molecule has 74 valence electrons. The molecule has 0 spiro atoms. The summed E-state index contributed by atoms with van der Waals surface area (Å²) in [5.74, 6) is 0.748. The van der Waals surface area contributed by atoms with Gasteiger partial charge in [-0.05, 0) is 26.1 Å². The Morgan fingerprint density at radius 3 is 2.25 bits per heavy atom. The van der Waals surface area contributed by atoms with Crippen LogP contribution in [0.15, 0.2) is 0 Å². The molecule has 12 heavy (non-hydrogen) atoms. The second-order valence-corrected chi connectivity index (χ2v) is 4.02. The van der Waals surface area contributed by atoms with Crippen molar-refractivity contribution in [2.75, 3.05) is 26.7 Å². The van der Waals surface area contributed by atoms with Gasteiger partial charge >= 0.3 is 0 Å². The van der Waals surface area contributed by atoms with Crippen molar-refractivity contribution in [1.29, 1.82) is 0 Å². The van der Waals surface area contributed by atoms with E-state index in [2.05, 4.69) is 45.0 Å². The van der Waals surface area contributed by atoms with Crippen LogP contribution in [0.25, 0.3) is 0 Å². The second-order valence-electron chi connectivity index (χ2n) is 4.02. The van der Waals surface area contributed by atoms with Crippen LogP contribution in [-0.2, 0) is 0 Å². The molecule has 0 aliphatic carbocycles. The van der Waals surface area contributed by atoms with E-state index in [-0.39, 0.29) is 0 Å². The summed E-state index contributed by atoms with van der Waals surface area (Å²) >= 11 is 0. The third kappa shape index (κ3) is 6.62. The molecule has 0 aromatic carbocycles. The summed E-state index contributed by atoms with van der Waals surface area (Å²) in [4.78, 5) is 2.35. The Morgan fingerprint density at radius 2 is 1.83 bits per heavy atom. The van der Waals surface area contributed by atoms with Crippen LogP contribution in [0.4, 0.5) is 0 Å². The number of rotatable bonds is 6. The lowest BCUT2D eigenvalue weighted by molar-refractivity contribution is 0.290. The maximum Gasteiger partial charge on any atom is 0.00160 e. The van der Waals surface area contributed by atoms with Crippen LogP contribution in [0.5, 0.6) is 0 Å². The van der Waals surface area contributed by atoms with Gasteiger partial charge in [-0.2, -0.15) is 0 Å². The van der Waals surface area contributed by atoms with E-state index in [1.54, 1.807) is 0 Å². The average molecular weight is 172 g/mol. The number of hydrogen-bond donors (Lipinski definition) is 1. The van der Waals surface area contributed by atoms with Crippen molar-refractivity contribution in [3.63, 3.8) is 0 Å². The molecule has 2 nitrogen and oxygen atoms in total. The quantitative estimate of drug-likeness (QED) is 0.654. The van der Waals surface area contributed by atoms with E-state index < -0.39 is 0 Å². The zero-order valence-electron chi connectivity index (χ0n) is 9.22. The monoisotopic (exact) mass is 172 g/mol. The molecule has 2 heteroatoms. The summed E-state index contributed by atoms with van der Waals surface area (Å²) in [5.41, 5.74) is 0. The zero-order valence-corrected chi connectivity index (χ0v) is 9.22. The van der Waals surface area contributed by atoms with Crippen LogP contribution in [0.1, 0.15) is 27.7 Å². The molecular weight excluding hydrogens is 148 g/mol. The van der Waals surface area contributed by atoms with Gasteiger partial charge in [-0.15, -0.1) is 0 Å². The topological polar surface area (TPSA) is 15.3 Å². The first-order chi connectivity index (χ1) is 5.56. The molecule has 0 saturated heterocycles. The van der Waals surface area contributed by atoms with Crippen molar-refractivity contribution < 1.29 is 0 Å². The van der Waals surface area contributed by atoms with Gasteiger partial charge in [-0.3, -0.25) is 0 Å².